The average Bonchev–Trinajstić information content (AvgIpc) is 2.73. The Balaban J connectivity index is 1.92. The largest absolute Gasteiger partial charge is 0.392 e. The van der Waals surface area contributed by atoms with Gasteiger partial charge in [-0.05, 0) is 19.8 Å². The van der Waals surface area contributed by atoms with Crippen LogP contribution in [0, 0.1) is 0 Å². The number of rotatable bonds is 3. The van der Waals surface area contributed by atoms with Crippen molar-refractivity contribution in [2.45, 2.75) is 57.2 Å². The Morgan fingerprint density at radius 2 is 2.25 bits per heavy atom. The van der Waals surface area contributed by atoms with Gasteiger partial charge in [-0.1, -0.05) is 19.3 Å². The monoisotopic (exact) mass is 240 g/mol. The molecule has 0 radical (unpaired) electrons. The van der Waals surface area contributed by atoms with Crippen LogP contribution < -0.4 is 5.32 Å². The van der Waals surface area contributed by atoms with Crippen molar-refractivity contribution in [3.63, 3.8) is 0 Å². The van der Waals surface area contributed by atoms with Gasteiger partial charge in [-0.2, -0.15) is 0 Å². The highest BCUT2D eigenvalue weighted by atomic mass is 32.1. The van der Waals surface area contributed by atoms with Gasteiger partial charge in [0.15, 0.2) is 0 Å². The Bertz CT molecular complexity index is 302. The maximum Gasteiger partial charge on any atom is 0.0794 e. The molecule has 2 N–H and O–H groups in total. The minimum atomic E-state index is -0.183. The molecule has 0 spiro atoms. The van der Waals surface area contributed by atoms with Crippen LogP contribution in [0.25, 0.3) is 0 Å². The van der Waals surface area contributed by atoms with Crippen molar-refractivity contribution in [1.82, 2.24) is 10.3 Å². The minimum Gasteiger partial charge on any atom is -0.392 e. The Kier molecular flexibility index (Phi) is 4.32. The molecule has 3 atom stereocenters. The Labute approximate surface area is 101 Å². The summed E-state index contributed by atoms with van der Waals surface area (Å²) in [7, 11) is 0. The molecule has 1 aromatic heterocycles. The van der Waals surface area contributed by atoms with Crippen molar-refractivity contribution >= 4 is 11.3 Å². The molecule has 0 amide bonds. The number of thiazole rings is 1. The van der Waals surface area contributed by atoms with E-state index < -0.39 is 0 Å². The van der Waals surface area contributed by atoms with Gasteiger partial charge in [0, 0.05) is 23.2 Å². The van der Waals surface area contributed by atoms with E-state index in [-0.39, 0.29) is 12.1 Å². The van der Waals surface area contributed by atoms with Crippen LogP contribution in [0.3, 0.4) is 0 Å². The van der Waals surface area contributed by atoms with E-state index in [9.17, 15) is 5.11 Å². The van der Waals surface area contributed by atoms with E-state index in [1.807, 2.05) is 11.7 Å². The molecule has 0 saturated heterocycles. The summed E-state index contributed by atoms with van der Waals surface area (Å²) in [6, 6.07) is 0.546. The third kappa shape index (κ3) is 3.03. The average molecular weight is 240 g/mol. The summed E-state index contributed by atoms with van der Waals surface area (Å²) in [5.74, 6) is 0. The maximum absolute atomic E-state index is 10.0. The van der Waals surface area contributed by atoms with Crippen LogP contribution >= 0.6 is 11.3 Å². The van der Waals surface area contributed by atoms with E-state index in [2.05, 4.69) is 17.2 Å². The zero-order chi connectivity index (χ0) is 11.4. The van der Waals surface area contributed by atoms with Crippen molar-refractivity contribution in [2.24, 2.45) is 0 Å². The van der Waals surface area contributed by atoms with Gasteiger partial charge in [0.2, 0.25) is 0 Å². The molecule has 4 heteroatoms. The Morgan fingerprint density at radius 3 is 3.00 bits per heavy atom. The molecule has 0 aromatic carbocycles. The van der Waals surface area contributed by atoms with Gasteiger partial charge in [0.05, 0.1) is 11.6 Å². The molecule has 2 rings (SSSR count). The van der Waals surface area contributed by atoms with E-state index in [1.165, 1.54) is 17.7 Å². The fourth-order valence-corrected chi connectivity index (χ4v) is 2.96. The van der Waals surface area contributed by atoms with Crippen molar-refractivity contribution < 1.29 is 5.11 Å². The molecule has 0 bridgehead atoms. The predicted molar refractivity (Wildman–Crippen MR) is 66.5 cm³/mol. The molecule has 1 saturated carbocycles. The highest BCUT2D eigenvalue weighted by molar-refractivity contribution is 7.09. The lowest BCUT2D eigenvalue weighted by Crippen LogP contribution is -2.40. The lowest BCUT2D eigenvalue weighted by Gasteiger charge is -2.25. The molecule has 0 aliphatic heterocycles. The zero-order valence-corrected chi connectivity index (χ0v) is 10.5. The van der Waals surface area contributed by atoms with E-state index in [0.717, 1.165) is 19.3 Å². The summed E-state index contributed by atoms with van der Waals surface area (Å²) in [5, 5.41) is 13.6. The molecule has 1 aromatic rings. The number of nitrogens with zero attached hydrogens (tertiary/aromatic N) is 1. The fraction of sp³-hybridized carbons (Fsp3) is 0.750. The van der Waals surface area contributed by atoms with Crippen molar-refractivity contribution in [3.05, 3.63) is 16.6 Å². The second-order valence-corrected chi connectivity index (χ2v) is 5.52. The van der Waals surface area contributed by atoms with Crippen LogP contribution in [0.1, 0.15) is 49.9 Å². The molecule has 1 heterocycles. The Morgan fingerprint density at radius 1 is 1.44 bits per heavy atom. The number of hydrogen-bond donors (Lipinski definition) is 2. The number of nitrogens with one attached hydrogen (secondary N) is 1. The SMILES string of the molecule is CC(NC1CCCCCC1O)c1cncs1. The van der Waals surface area contributed by atoms with Crippen LogP contribution in [0.5, 0.6) is 0 Å². The lowest BCUT2D eigenvalue weighted by atomic mass is 10.0. The van der Waals surface area contributed by atoms with Crippen molar-refractivity contribution in [2.75, 3.05) is 0 Å². The molecule has 3 unspecified atom stereocenters. The third-order valence-corrected chi connectivity index (χ3v) is 4.28. The van der Waals surface area contributed by atoms with Crippen LogP contribution in [-0.4, -0.2) is 22.2 Å². The van der Waals surface area contributed by atoms with E-state index in [4.69, 9.17) is 0 Å². The smallest absolute Gasteiger partial charge is 0.0794 e. The predicted octanol–water partition coefficient (Wildman–Crippen LogP) is 2.49. The fourth-order valence-electron chi connectivity index (χ4n) is 2.33. The molecule has 1 fully saturated rings. The van der Waals surface area contributed by atoms with Gasteiger partial charge in [-0.3, -0.25) is 4.98 Å². The number of aromatic nitrogens is 1. The molecule has 3 nitrogen and oxygen atoms in total. The highest BCUT2D eigenvalue weighted by Gasteiger charge is 2.23. The standard InChI is InChI=1S/C12H20N2OS/c1-9(12-7-13-8-16-12)14-10-5-3-2-4-6-11(10)15/h7-11,14-15H,2-6H2,1H3. The summed E-state index contributed by atoms with van der Waals surface area (Å²) in [5.41, 5.74) is 1.86. The van der Waals surface area contributed by atoms with Gasteiger partial charge in [0.1, 0.15) is 0 Å². The van der Waals surface area contributed by atoms with Gasteiger partial charge in [0.25, 0.3) is 0 Å². The van der Waals surface area contributed by atoms with E-state index in [0.29, 0.717) is 6.04 Å². The van der Waals surface area contributed by atoms with E-state index in [1.54, 1.807) is 11.3 Å². The second kappa shape index (κ2) is 5.75. The van der Waals surface area contributed by atoms with Gasteiger partial charge < -0.3 is 10.4 Å². The van der Waals surface area contributed by atoms with Crippen LogP contribution in [0.2, 0.25) is 0 Å². The van der Waals surface area contributed by atoms with Crippen molar-refractivity contribution in [3.8, 4) is 0 Å². The van der Waals surface area contributed by atoms with Crippen LogP contribution in [0.15, 0.2) is 11.7 Å². The lowest BCUT2D eigenvalue weighted by molar-refractivity contribution is 0.115. The van der Waals surface area contributed by atoms with Crippen molar-refractivity contribution in [1.29, 1.82) is 0 Å². The molecule has 16 heavy (non-hydrogen) atoms. The minimum absolute atomic E-state index is 0.183. The van der Waals surface area contributed by atoms with Crippen LogP contribution in [0.4, 0.5) is 0 Å². The first kappa shape index (κ1) is 12.0. The second-order valence-electron chi connectivity index (χ2n) is 4.60. The topological polar surface area (TPSA) is 45.1 Å². The first-order valence-electron chi connectivity index (χ1n) is 6.10. The van der Waals surface area contributed by atoms with Gasteiger partial charge in [-0.25, -0.2) is 0 Å². The zero-order valence-electron chi connectivity index (χ0n) is 9.72. The molecular weight excluding hydrogens is 220 g/mol. The maximum atomic E-state index is 10.0. The molecular formula is C12H20N2OS. The number of hydrogen-bond acceptors (Lipinski definition) is 4. The summed E-state index contributed by atoms with van der Waals surface area (Å²) >= 11 is 1.67. The van der Waals surface area contributed by atoms with E-state index >= 15 is 0 Å². The summed E-state index contributed by atoms with van der Waals surface area (Å²) in [6.07, 6.45) is 7.39. The Hall–Kier alpha value is -0.450. The normalized spacial score (nSPS) is 28.6. The third-order valence-electron chi connectivity index (χ3n) is 3.32. The number of aliphatic hydroxyl groups is 1. The van der Waals surface area contributed by atoms with Crippen LogP contribution in [-0.2, 0) is 0 Å². The summed E-state index contributed by atoms with van der Waals surface area (Å²) in [4.78, 5) is 5.34. The first-order chi connectivity index (χ1) is 7.77. The van der Waals surface area contributed by atoms with Gasteiger partial charge >= 0.3 is 0 Å². The quantitative estimate of drug-likeness (QED) is 0.798. The summed E-state index contributed by atoms with van der Waals surface area (Å²) in [6.45, 7) is 2.14. The molecule has 90 valence electrons. The number of aliphatic hydroxyl groups excluding tert-OH is 1. The molecule has 1 aliphatic rings. The summed E-state index contributed by atoms with van der Waals surface area (Å²) < 4.78 is 0. The van der Waals surface area contributed by atoms with Gasteiger partial charge in [-0.15, -0.1) is 11.3 Å². The first-order valence-corrected chi connectivity index (χ1v) is 6.98. The highest BCUT2D eigenvalue weighted by Crippen LogP contribution is 2.22. The molecule has 1 aliphatic carbocycles.